The van der Waals surface area contributed by atoms with Crippen molar-refractivity contribution in [1.82, 2.24) is 10.9 Å². The summed E-state index contributed by atoms with van der Waals surface area (Å²) in [5.74, 6) is 0.280. The number of benzene rings is 1. The topological polar surface area (TPSA) is 109 Å². The summed E-state index contributed by atoms with van der Waals surface area (Å²) in [4.78, 5) is 24.6. The third-order valence-electron chi connectivity index (χ3n) is 4.84. The van der Waals surface area contributed by atoms with Crippen LogP contribution in [0.1, 0.15) is 78.7 Å². The van der Waals surface area contributed by atoms with E-state index >= 15 is 0 Å². The molecule has 1 atom stereocenters. The molecule has 0 radical (unpaired) electrons. The van der Waals surface area contributed by atoms with Gasteiger partial charge in [0.25, 0.3) is 0 Å². The predicted molar refractivity (Wildman–Crippen MR) is 127 cm³/mol. The fraction of sp³-hybridized carbons (Fsp3) is 0.667. The van der Waals surface area contributed by atoms with E-state index in [-0.39, 0.29) is 0 Å². The molecule has 1 aromatic carbocycles. The maximum absolute atomic E-state index is 12.7. The Labute approximate surface area is 192 Å². The number of carbonyl (C=O) groups excluding carboxylic acids is 2. The van der Waals surface area contributed by atoms with Gasteiger partial charge >= 0.3 is 6.09 Å². The Morgan fingerprint density at radius 1 is 1.03 bits per heavy atom. The molecule has 0 aliphatic carbocycles. The van der Waals surface area contributed by atoms with Gasteiger partial charge in [-0.15, -0.1) is 0 Å². The van der Waals surface area contributed by atoms with E-state index in [1.165, 1.54) is 32.6 Å². The zero-order valence-electron chi connectivity index (χ0n) is 20.5. The van der Waals surface area contributed by atoms with E-state index < -0.39 is 29.7 Å². The Kier molecular flexibility index (Phi) is 11.5. The van der Waals surface area contributed by atoms with Gasteiger partial charge in [0.05, 0.1) is 13.2 Å². The number of hydrogen-bond acceptors (Lipinski definition) is 6. The molecule has 0 heterocycles. The molecular formula is C24H41N3O5. The second-order valence-corrected chi connectivity index (χ2v) is 9.29. The number of anilines is 1. The Morgan fingerprint density at radius 3 is 2.28 bits per heavy atom. The number of ether oxygens (including phenoxy) is 2. The quantitative estimate of drug-likeness (QED) is 0.261. The van der Waals surface area contributed by atoms with Gasteiger partial charge in [0, 0.05) is 5.69 Å². The minimum absolute atomic E-state index is 0.504. The van der Waals surface area contributed by atoms with Crippen LogP contribution in [0.15, 0.2) is 18.2 Å². The van der Waals surface area contributed by atoms with Gasteiger partial charge in [0.2, 0.25) is 5.91 Å². The van der Waals surface area contributed by atoms with Crippen LogP contribution in [0, 0.1) is 6.92 Å². The van der Waals surface area contributed by atoms with Crippen molar-refractivity contribution in [3.63, 3.8) is 0 Å². The van der Waals surface area contributed by atoms with Crippen molar-refractivity contribution >= 4 is 17.7 Å². The molecule has 0 bridgehead atoms. The van der Waals surface area contributed by atoms with Crippen LogP contribution in [-0.2, 0) is 9.53 Å². The maximum Gasteiger partial charge on any atom is 0.422 e. The molecule has 0 spiro atoms. The molecule has 1 aromatic rings. The Hall–Kier alpha value is -2.32. The molecule has 1 unspecified atom stereocenters. The molecular weight excluding hydrogens is 410 g/mol. The molecule has 0 aliphatic rings. The van der Waals surface area contributed by atoms with Gasteiger partial charge in [0.15, 0.2) is 0 Å². The molecule has 0 aliphatic heterocycles. The van der Waals surface area contributed by atoms with Crippen molar-refractivity contribution in [2.75, 3.05) is 18.5 Å². The monoisotopic (exact) mass is 451 g/mol. The first-order chi connectivity index (χ1) is 15.0. The highest BCUT2D eigenvalue weighted by Crippen LogP contribution is 2.23. The van der Waals surface area contributed by atoms with Crippen LogP contribution in [0.5, 0.6) is 5.75 Å². The summed E-state index contributed by atoms with van der Waals surface area (Å²) in [6, 6.07) is 5.39. The molecule has 182 valence electrons. The zero-order valence-corrected chi connectivity index (χ0v) is 20.5. The van der Waals surface area contributed by atoms with Crippen LogP contribution in [-0.4, -0.2) is 41.5 Å². The maximum atomic E-state index is 12.7. The van der Waals surface area contributed by atoms with Gasteiger partial charge in [-0.1, -0.05) is 39.0 Å². The number of nitrogens with one attached hydrogen (secondary N) is 3. The number of hydrazine groups is 1. The van der Waals surface area contributed by atoms with Crippen LogP contribution in [0.4, 0.5) is 10.5 Å². The third-order valence-corrected chi connectivity index (χ3v) is 4.84. The molecule has 0 fully saturated rings. The molecule has 1 rings (SSSR count). The molecule has 32 heavy (non-hydrogen) atoms. The number of rotatable bonds is 13. The first-order valence-corrected chi connectivity index (χ1v) is 11.4. The Morgan fingerprint density at radius 2 is 1.69 bits per heavy atom. The van der Waals surface area contributed by atoms with E-state index in [2.05, 4.69) is 23.1 Å². The van der Waals surface area contributed by atoms with Gasteiger partial charge in [-0.25, -0.2) is 10.2 Å². The normalized spacial score (nSPS) is 13.2. The molecule has 8 nitrogen and oxygen atoms in total. The number of aliphatic hydroxyl groups excluding tert-OH is 1. The zero-order chi connectivity index (χ0) is 24.2. The van der Waals surface area contributed by atoms with E-state index in [9.17, 15) is 14.7 Å². The molecule has 8 heteroatoms. The summed E-state index contributed by atoms with van der Waals surface area (Å²) < 4.78 is 11.0. The minimum atomic E-state index is -1.45. The van der Waals surface area contributed by atoms with E-state index in [0.717, 1.165) is 24.2 Å². The summed E-state index contributed by atoms with van der Waals surface area (Å²) in [6.45, 7) is 10.9. The number of aryl methyl sites for hydroxylation is 1. The Balaban J connectivity index is 2.57. The Bertz CT molecular complexity index is 733. The average Bonchev–Trinajstić information content (AvgIpc) is 2.71. The fourth-order valence-electron chi connectivity index (χ4n) is 2.88. The molecule has 0 aromatic heterocycles. The minimum Gasteiger partial charge on any atom is -0.493 e. The van der Waals surface area contributed by atoms with Gasteiger partial charge in [-0.2, -0.15) is 0 Å². The SMILES string of the molecule is CCCCCCCCOc1ccc(NC(=O)C(C)(CO)NNC(=O)OC(C)(C)C)cc1C. The van der Waals surface area contributed by atoms with Gasteiger partial charge in [-0.3, -0.25) is 10.2 Å². The lowest BCUT2D eigenvalue weighted by atomic mass is 10.0. The lowest BCUT2D eigenvalue weighted by Crippen LogP contribution is -2.61. The summed E-state index contributed by atoms with van der Waals surface area (Å²) in [5.41, 5.74) is 4.21. The first kappa shape index (κ1) is 27.7. The lowest BCUT2D eigenvalue weighted by molar-refractivity contribution is -0.123. The lowest BCUT2D eigenvalue weighted by Gasteiger charge is -2.28. The number of aliphatic hydroxyl groups is 1. The smallest absolute Gasteiger partial charge is 0.422 e. The molecule has 2 amide bonds. The van der Waals surface area contributed by atoms with Crippen molar-refractivity contribution < 1.29 is 24.2 Å². The molecule has 0 saturated carbocycles. The number of carbonyl (C=O) groups is 2. The van der Waals surface area contributed by atoms with E-state index in [0.29, 0.717) is 12.3 Å². The molecule has 0 saturated heterocycles. The van der Waals surface area contributed by atoms with E-state index in [1.807, 2.05) is 19.1 Å². The van der Waals surface area contributed by atoms with Crippen LogP contribution in [0.3, 0.4) is 0 Å². The molecule has 4 N–H and O–H groups in total. The van der Waals surface area contributed by atoms with Crippen LogP contribution < -0.4 is 20.9 Å². The van der Waals surface area contributed by atoms with Gasteiger partial charge < -0.3 is 19.9 Å². The average molecular weight is 452 g/mol. The number of hydrogen-bond donors (Lipinski definition) is 4. The van der Waals surface area contributed by atoms with E-state index in [4.69, 9.17) is 9.47 Å². The number of amides is 2. The predicted octanol–water partition coefficient (Wildman–Crippen LogP) is 4.45. The van der Waals surface area contributed by atoms with Crippen molar-refractivity contribution in [1.29, 1.82) is 0 Å². The standard InChI is InChI=1S/C24H41N3O5/c1-7-8-9-10-11-12-15-31-20-14-13-19(16-18(20)2)25-21(29)24(6,17-28)27-26-22(30)32-23(3,4)5/h13-14,16,27-28H,7-12,15,17H2,1-6H3,(H,25,29)(H,26,30). The highest BCUT2D eigenvalue weighted by molar-refractivity contribution is 5.98. The second kappa shape index (κ2) is 13.3. The van der Waals surface area contributed by atoms with Crippen molar-refractivity contribution in [2.45, 2.75) is 91.2 Å². The van der Waals surface area contributed by atoms with Crippen molar-refractivity contribution in [2.24, 2.45) is 0 Å². The highest BCUT2D eigenvalue weighted by Gasteiger charge is 2.33. The highest BCUT2D eigenvalue weighted by atomic mass is 16.6. The van der Waals surface area contributed by atoms with Crippen LogP contribution >= 0.6 is 0 Å². The van der Waals surface area contributed by atoms with Crippen LogP contribution in [0.25, 0.3) is 0 Å². The number of unbranched alkanes of at least 4 members (excludes halogenated alkanes) is 5. The van der Waals surface area contributed by atoms with Gasteiger partial charge in [0.1, 0.15) is 16.9 Å². The van der Waals surface area contributed by atoms with Gasteiger partial charge in [-0.05, 0) is 64.8 Å². The fourth-order valence-corrected chi connectivity index (χ4v) is 2.88. The van der Waals surface area contributed by atoms with E-state index in [1.54, 1.807) is 26.8 Å². The summed E-state index contributed by atoms with van der Waals surface area (Å²) in [7, 11) is 0. The third kappa shape index (κ3) is 10.3. The van der Waals surface area contributed by atoms with Crippen LogP contribution in [0.2, 0.25) is 0 Å². The summed E-state index contributed by atoms with van der Waals surface area (Å²) in [5, 5.41) is 12.5. The van der Waals surface area contributed by atoms with Crippen molar-refractivity contribution in [3.8, 4) is 5.75 Å². The van der Waals surface area contributed by atoms with Crippen molar-refractivity contribution in [3.05, 3.63) is 23.8 Å². The summed E-state index contributed by atoms with van der Waals surface area (Å²) >= 11 is 0. The summed E-state index contributed by atoms with van der Waals surface area (Å²) in [6.07, 6.45) is 6.49. The first-order valence-electron chi connectivity index (χ1n) is 11.4. The second-order valence-electron chi connectivity index (χ2n) is 9.29. The largest absolute Gasteiger partial charge is 0.493 e.